The number of nitrogens with zero attached hydrogens (tertiary/aromatic N) is 1. The zero-order valence-electron chi connectivity index (χ0n) is 13.1. The third-order valence-electron chi connectivity index (χ3n) is 3.52. The number of nitrogens with one attached hydrogen (secondary N) is 1. The Labute approximate surface area is 143 Å². The number of phenolic OH excluding ortho intramolecular Hbond substituents is 1. The summed E-state index contributed by atoms with van der Waals surface area (Å²) in [6.07, 6.45) is 1.76. The minimum Gasteiger partial charge on any atom is -0.507 e. The van der Waals surface area contributed by atoms with Gasteiger partial charge >= 0.3 is 0 Å². The van der Waals surface area contributed by atoms with Crippen LogP contribution in [0.25, 0.3) is 6.08 Å². The Morgan fingerprint density at radius 1 is 1.17 bits per heavy atom. The Morgan fingerprint density at radius 3 is 2.42 bits per heavy atom. The van der Waals surface area contributed by atoms with Crippen LogP contribution in [0.2, 0.25) is 0 Å². The highest BCUT2D eigenvalue weighted by Crippen LogP contribution is 2.30. The molecule has 1 aliphatic heterocycles. The van der Waals surface area contributed by atoms with Gasteiger partial charge in [-0.2, -0.15) is 0 Å². The van der Waals surface area contributed by atoms with E-state index in [0.29, 0.717) is 15.8 Å². The van der Waals surface area contributed by atoms with Crippen LogP contribution in [0.15, 0.2) is 46.3 Å². The van der Waals surface area contributed by atoms with Crippen molar-refractivity contribution in [2.75, 3.05) is 0 Å². The number of halogens is 1. The van der Waals surface area contributed by atoms with Gasteiger partial charge in [-0.1, -0.05) is 0 Å². The second-order valence-electron chi connectivity index (χ2n) is 5.46. The molecule has 24 heavy (non-hydrogen) atoms. The number of aryl methyl sites for hydroxylation is 2. The second kappa shape index (κ2) is 6.49. The van der Waals surface area contributed by atoms with Crippen molar-refractivity contribution in [3.8, 4) is 5.75 Å². The number of aliphatic imine (C=N–C) groups is 1. The Kier molecular flexibility index (Phi) is 4.40. The molecule has 0 aliphatic carbocycles. The van der Waals surface area contributed by atoms with E-state index in [1.807, 2.05) is 26.0 Å². The molecule has 6 heteroatoms. The van der Waals surface area contributed by atoms with Gasteiger partial charge in [0, 0.05) is 0 Å². The first-order chi connectivity index (χ1) is 11.4. The zero-order valence-corrected chi connectivity index (χ0v) is 13.9. The highest BCUT2D eigenvalue weighted by molar-refractivity contribution is 8.18. The molecular formula is C18H15FN2O2S. The summed E-state index contributed by atoms with van der Waals surface area (Å²) in [5, 5.41) is 13.0. The van der Waals surface area contributed by atoms with Gasteiger partial charge in [0.1, 0.15) is 11.6 Å². The van der Waals surface area contributed by atoms with Gasteiger partial charge in [0.25, 0.3) is 5.91 Å². The third-order valence-corrected chi connectivity index (χ3v) is 4.43. The van der Waals surface area contributed by atoms with Gasteiger partial charge in [0.2, 0.25) is 0 Å². The van der Waals surface area contributed by atoms with Crippen LogP contribution < -0.4 is 5.32 Å². The van der Waals surface area contributed by atoms with Crippen LogP contribution in [0.3, 0.4) is 0 Å². The van der Waals surface area contributed by atoms with Crippen LogP contribution in [0.5, 0.6) is 5.75 Å². The van der Waals surface area contributed by atoms with Crippen LogP contribution in [0.4, 0.5) is 10.1 Å². The molecular weight excluding hydrogens is 327 g/mol. The first-order valence-corrected chi connectivity index (χ1v) is 8.09. The highest BCUT2D eigenvalue weighted by atomic mass is 32.2. The Morgan fingerprint density at radius 2 is 1.79 bits per heavy atom. The lowest BCUT2D eigenvalue weighted by Crippen LogP contribution is -2.19. The maximum Gasteiger partial charge on any atom is 0.264 e. The summed E-state index contributed by atoms with van der Waals surface area (Å²) in [6, 6.07) is 9.36. The minimum atomic E-state index is -0.333. The Hall–Kier alpha value is -2.60. The van der Waals surface area contributed by atoms with Crippen LogP contribution in [0, 0.1) is 19.7 Å². The SMILES string of the molecule is Cc1cc(C=C2SC(=Nc3ccc(F)cc3)NC2=O)cc(C)c1O. The number of hydrogen-bond acceptors (Lipinski definition) is 4. The van der Waals surface area contributed by atoms with Crippen molar-refractivity contribution in [2.24, 2.45) is 4.99 Å². The van der Waals surface area contributed by atoms with Gasteiger partial charge in [-0.3, -0.25) is 4.79 Å². The topological polar surface area (TPSA) is 61.7 Å². The van der Waals surface area contributed by atoms with Gasteiger partial charge in [-0.05, 0) is 84.8 Å². The van der Waals surface area contributed by atoms with E-state index in [4.69, 9.17) is 0 Å². The molecule has 0 radical (unpaired) electrons. The van der Waals surface area contributed by atoms with E-state index in [1.54, 1.807) is 18.2 Å². The number of phenols is 1. The van der Waals surface area contributed by atoms with Crippen molar-refractivity contribution in [3.63, 3.8) is 0 Å². The third kappa shape index (κ3) is 3.49. The fourth-order valence-corrected chi connectivity index (χ4v) is 3.18. The van der Waals surface area contributed by atoms with E-state index < -0.39 is 0 Å². The van der Waals surface area contributed by atoms with Gasteiger partial charge in [-0.25, -0.2) is 9.38 Å². The van der Waals surface area contributed by atoms with Crippen LogP contribution >= 0.6 is 11.8 Å². The van der Waals surface area contributed by atoms with E-state index in [0.717, 1.165) is 16.7 Å². The van der Waals surface area contributed by atoms with Crippen molar-refractivity contribution in [1.29, 1.82) is 0 Å². The number of carbonyl (C=O) groups is 1. The molecule has 1 saturated heterocycles. The number of amidine groups is 1. The van der Waals surface area contributed by atoms with Crippen LogP contribution in [-0.2, 0) is 4.79 Å². The summed E-state index contributed by atoms with van der Waals surface area (Å²) >= 11 is 1.22. The molecule has 0 aromatic heterocycles. The fraction of sp³-hybridized carbons (Fsp3) is 0.111. The van der Waals surface area contributed by atoms with Crippen molar-refractivity contribution in [1.82, 2.24) is 5.32 Å². The minimum absolute atomic E-state index is 0.232. The van der Waals surface area contributed by atoms with E-state index in [-0.39, 0.29) is 17.5 Å². The molecule has 1 heterocycles. The molecule has 0 bridgehead atoms. The summed E-state index contributed by atoms with van der Waals surface area (Å²) in [7, 11) is 0. The predicted molar refractivity (Wildman–Crippen MR) is 94.8 cm³/mol. The standard InChI is InChI=1S/C18H15FN2O2S/c1-10-7-12(8-11(2)16(10)22)9-15-17(23)21-18(24-15)20-14-5-3-13(19)4-6-14/h3-9,22H,1-2H3,(H,20,21,23). The smallest absolute Gasteiger partial charge is 0.264 e. The molecule has 0 saturated carbocycles. The van der Waals surface area contributed by atoms with Crippen molar-refractivity contribution in [3.05, 3.63) is 63.8 Å². The average molecular weight is 342 g/mol. The predicted octanol–water partition coefficient (Wildman–Crippen LogP) is 4.04. The highest BCUT2D eigenvalue weighted by Gasteiger charge is 2.23. The summed E-state index contributed by atoms with van der Waals surface area (Å²) in [5.74, 6) is -0.302. The fourth-order valence-electron chi connectivity index (χ4n) is 2.34. The van der Waals surface area contributed by atoms with Crippen LogP contribution in [0.1, 0.15) is 16.7 Å². The van der Waals surface area contributed by atoms with Gasteiger partial charge in [0.15, 0.2) is 5.17 Å². The number of amides is 1. The first kappa shape index (κ1) is 16.3. The summed E-state index contributed by atoms with van der Waals surface area (Å²) in [6.45, 7) is 3.63. The number of aromatic hydroxyl groups is 1. The molecule has 0 unspecified atom stereocenters. The Balaban J connectivity index is 1.86. The van der Waals surface area contributed by atoms with Gasteiger partial charge in [0.05, 0.1) is 10.6 Å². The molecule has 0 spiro atoms. The lowest BCUT2D eigenvalue weighted by atomic mass is 10.1. The van der Waals surface area contributed by atoms with Gasteiger partial charge in [-0.15, -0.1) is 0 Å². The zero-order chi connectivity index (χ0) is 17.3. The molecule has 2 N–H and O–H groups in total. The molecule has 122 valence electrons. The monoisotopic (exact) mass is 342 g/mol. The number of hydrogen-bond donors (Lipinski definition) is 2. The van der Waals surface area contributed by atoms with E-state index in [2.05, 4.69) is 10.3 Å². The largest absolute Gasteiger partial charge is 0.507 e. The van der Waals surface area contributed by atoms with Crippen molar-refractivity contribution in [2.45, 2.75) is 13.8 Å². The quantitative estimate of drug-likeness (QED) is 0.810. The number of benzene rings is 2. The molecule has 1 amide bonds. The molecule has 2 aromatic carbocycles. The Bertz CT molecular complexity index is 850. The molecule has 1 fully saturated rings. The van der Waals surface area contributed by atoms with E-state index in [9.17, 15) is 14.3 Å². The van der Waals surface area contributed by atoms with E-state index in [1.165, 1.54) is 23.9 Å². The summed E-state index contributed by atoms with van der Waals surface area (Å²) < 4.78 is 12.9. The number of carbonyl (C=O) groups excluding carboxylic acids is 1. The van der Waals surface area contributed by atoms with Crippen molar-refractivity contribution >= 4 is 34.6 Å². The summed E-state index contributed by atoms with van der Waals surface area (Å²) in [4.78, 5) is 16.9. The average Bonchev–Trinajstić information content (AvgIpc) is 2.87. The number of rotatable bonds is 2. The molecule has 1 aliphatic rings. The molecule has 3 rings (SSSR count). The molecule has 0 atom stereocenters. The maximum absolute atomic E-state index is 12.9. The number of thioether (sulfide) groups is 1. The van der Waals surface area contributed by atoms with E-state index >= 15 is 0 Å². The molecule has 4 nitrogen and oxygen atoms in total. The summed E-state index contributed by atoms with van der Waals surface area (Å²) in [5.41, 5.74) is 2.91. The maximum atomic E-state index is 12.9. The first-order valence-electron chi connectivity index (χ1n) is 7.28. The van der Waals surface area contributed by atoms with Crippen molar-refractivity contribution < 1.29 is 14.3 Å². The molecule has 2 aromatic rings. The van der Waals surface area contributed by atoms with Crippen LogP contribution in [-0.4, -0.2) is 16.2 Å². The second-order valence-corrected chi connectivity index (χ2v) is 6.49. The lowest BCUT2D eigenvalue weighted by Gasteiger charge is -2.05. The normalized spacial score (nSPS) is 17.5. The van der Waals surface area contributed by atoms with Gasteiger partial charge < -0.3 is 10.4 Å². The lowest BCUT2D eigenvalue weighted by molar-refractivity contribution is -0.115.